The number of nitrogens with two attached hydrogens (primary N) is 3. The number of phenolic OH excluding ortho intramolecular Hbond substituents is 1. The predicted octanol–water partition coefficient (Wildman–Crippen LogP) is -0.0244. The van der Waals surface area contributed by atoms with Crippen LogP contribution < -0.4 is 17.2 Å². The average Bonchev–Trinajstić information content (AvgIpc) is 2.52. The van der Waals surface area contributed by atoms with Gasteiger partial charge in [0.15, 0.2) is 5.96 Å². The highest BCUT2D eigenvalue weighted by molar-refractivity contribution is 5.87. The Labute approximate surface area is 140 Å². The maximum absolute atomic E-state index is 12.1. The third kappa shape index (κ3) is 7.10. The molecule has 1 aromatic carbocycles. The van der Waals surface area contributed by atoms with Gasteiger partial charge in [0, 0.05) is 13.0 Å². The summed E-state index contributed by atoms with van der Waals surface area (Å²) in [7, 11) is 0. The van der Waals surface area contributed by atoms with Crippen molar-refractivity contribution in [1.82, 2.24) is 0 Å². The first-order valence-electron chi connectivity index (χ1n) is 7.64. The van der Waals surface area contributed by atoms with Crippen molar-refractivity contribution in [2.45, 2.75) is 31.7 Å². The minimum atomic E-state index is -1.05. The Bertz CT molecular complexity index is 582. The van der Waals surface area contributed by atoms with Crippen LogP contribution in [0.3, 0.4) is 0 Å². The third-order valence-electron chi connectivity index (χ3n) is 3.60. The maximum atomic E-state index is 12.1. The van der Waals surface area contributed by atoms with Crippen LogP contribution in [0.15, 0.2) is 29.3 Å². The van der Waals surface area contributed by atoms with E-state index in [9.17, 15) is 19.8 Å². The van der Waals surface area contributed by atoms with Crippen molar-refractivity contribution >= 4 is 17.7 Å². The number of rotatable bonds is 10. The van der Waals surface area contributed by atoms with Crippen molar-refractivity contribution in [3.63, 3.8) is 0 Å². The van der Waals surface area contributed by atoms with Gasteiger partial charge in [-0.1, -0.05) is 12.1 Å². The Hall–Kier alpha value is -2.61. The number of carbonyl (C=O) groups excluding carboxylic acids is 1. The Kier molecular flexibility index (Phi) is 7.70. The van der Waals surface area contributed by atoms with E-state index in [1.807, 2.05) is 0 Å². The standard InChI is InChI=1S/C16H24N4O4/c17-13(2-1-7-20-16(18)19)14(22)9-11(15(23)24)8-10-3-5-12(21)6-4-10/h3-6,11,13,21H,1-2,7-9,17H2,(H,23,24)(H4,18,19,20)/t11-,13+/m0/s1. The number of aliphatic carboxylic acids is 1. The molecule has 0 radical (unpaired) electrons. The second kappa shape index (κ2) is 9.51. The Morgan fingerprint density at radius 2 is 1.79 bits per heavy atom. The molecule has 1 rings (SSSR count). The molecule has 24 heavy (non-hydrogen) atoms. The van der Waals surface area contributed by atoms with Gasteiger partial charge in [-0.15, -0.1) is 0 Å². The maximum Gasteiger partial charge on any atom is 0.307 e. The summed E-state index contributed by atoms with van der Waals surface area (Å²) in [5, 5.41) is 18.6. The number of aromatic hydroxyl groups is 1. The fourth-order valence-corrected chi connectivity index (χ4v) is 2.24. The Balaban J connectivity index is 2.54. The number of nitrogens with zero attached hydrogens (tertiary/aromatic N) is 1. The number of benzene rings is 1. The van der Waals surface area contributed by atoms with Gasteiger partial charge in [-0.3, -0.25) is 14.6 Å². The van der Waals surface area contributed by atoms with Crippen LogP contribution in [0.4, 0.5) is 0 Å². The molecule has 0 saturated heterocycles. The van der Waals surface area contributed by atoms with Crippen LogP contribution in [0.5, 0.6) is 5.75 Å². The third-order valence-corrected chi connectivity index (χ3v) is 3.60. The normalized spacial score (nSPS) is 13.0. The number of carbonyl (C=O) groups is 2. The highest BCUT2D eigenvalue weighted by atomic mass is 16.4. The lowest BCUT2D eigenvalue weighted by Crippen LogP contribution is -2.34. The molecule has 8 heteroatoms. The number of hydrogen-bond acceptors (Lipinski definition) is 5. The first-order valence-corrected chi connectivity index (χ1v) is 7.64. The zero-order valence-electron chi connectivity index (χ0n) is 13.4. The van der Waals surface area contributed by atoms with Gasteiger partial charge in [0.1, 0.15) is 11.5 Å². The Morgan fingerprint density at radius 3 is 2.33 bits per heavy atom. The molecule has 0 unspecified atom stereocenters. The number of Topliss-reactive ketones (excluding diaryl/α,β-unsaturated/α-hetero) is 1. The van der Waals surface area contributed by atoms with E-state index in [-0.39, 0.29) is 30.3 Å². The van der Waals surface area contributed by atoms with E-state index in [2.05, 4.69) is 4.99 Å². The number of carboxylic acid groups (broad SMARTS) is 1. The number of aliphatic imine (C=N–C) groups is 1. The topological polar surface area (TPSA) is 165 Å². The highest BCUT2D eigenvalue weighted by Crippen LogP contribution is 2.17. The molecule has 0 aliphatic carbocycles. The van der Waals surface area contributed by atoms with Gasteiger partial charge in [0.05, 0.1) is 12.0 Å². The van der Waals surface area contributed by atoms with Crippen LogP contribution in [0.2, 0.25) is 0 Å². The van der Waals surface area contributed by atoms with Crippen LogP contribution >= 0.6 is 0 Å². The molecule has 8 N–H and O–H groups in total. The Morgan fingerprint density at radius 1 is 1.17 bits per heavy atom. The number of carboxylic acids is 1. The minimum absolute atomic E-state index is 0.0188. The summed E-state index contributed by atoms with van der Waals surface area (Å²) in [5.41, 5.74) is 16.9. The quantitative estimate of drug-likeness (QED) is 0.227. The van der Waals surface area contributed by atoms with Gasteiger partial charge in [0.2, 0.25) is 0 Å². The van der Waals surface area contributed by atoms with Gasteiger partial charge < -0.3 is 27.4 Å². The number of guanidine groups is 1. The lowest BCUT2D eigenvalue weighted by atomic mass is 9.91. The van der Waals surface area contributed by atoms with Crippen molar-refractivity contribution in [1.29, 1.82) is 0 Å². The fourth-order valence-electron chi connectivity index (χ4n) is 2.24. The van der Waals surface area contributed by atoms with Crippen LogP contribution in [0, 0.1) is 5.92 Å². The van der Waals surface area contributed by atoms with Gasteiger partial charge in [0.25, 0.3) is 0 Å². The van der Waals surface area contributed by atoms with Gasteiger partial charge in [-0.25, -0.2) is 0 Å². The van der Waals surface area contributed by atoms with E-state index in [4.69, 9.17) is 17.2 Å². The van der Waals surface area contributed by atoms with Gasteiger partial charge in [-0.05, 0) is 37.0 Å². The molecule has 1 aromatic rings. The van der Waals surface area contributed by atoms with Crippen molar-refractivity contribution < 1.29 is 19.8 Å². The van der Waals surface area contributed by atoms with Crippen molar-refractivity contribution in [3.8, 4) is 5.75 Å². The van der Waals surface area contributed by atoms with Gasteiger partial charge >= 0.3 is 5.97 Å². The minimum Gasteiger partial charge on any atom is -0.508 e. The summed E-state index contributed by atoms with van der Waals surface area (Å²) in [6, 6.07) is 5.48. The molecule has 0 amide bonds. The summed E-state index contributed by atoms with van der Waals surface area (Å²) in [4.78, 5) is 27.3. The second-order valence-electron chi connectivity index (χ2n) is 5.63. The molecular formula is C16H24N4O4. The average molecular weight is 336 g/mol. The van der Waals surface area contributed by atoms with Crippen LogP contribution in [0.1, 0.15) is 24.8 Å². The molecule has 8 nitrogen and oxygen atoms in total. The lowest BCUT2D eigenvalue weighted by molar-refractivity contribution is -0.143. The van der Waals surface area contributed by atoms with Gasteiger partial charge in [-0.2, -0.15) is 0 Å². The van der Waals surface area contributed by atoms with Crippen LogP contribution in [0.25, 0.3) is 0 Å². The molecule has 132 valence electrons. The lowest BCUT2D eigenvalue weighted by Gasteiger charge is -2.15. The van der Waals surface area contributed by atoms with Crippen LogP contribution in [-0.4, -0.2) is 40.5 Å². The number of hydrogen-bond donors (Lipinski definition) is 5. The molecule has 0 fully saturated rings. The fraction of sp³-hybridized carbons (Fsp3) is 0.438. The molecule has 0 aromatic heterocycles. The molecule has 0 aliphatic heterocycles. The molecule has 0 heterocycles. The van der Waals surface area contributed by atoms with E-state index < -0.39 is 17.9 Å². The summed E-state index contributed by atoms with van der Waals surface area (Å²) in [5.74, 6) is -2.12. The first-order chi connectivity index (χ1) is 11.3. The van der Waals surface area contributed by atoms with E-state index in [0.29, 0.717) is 19.4 Å². The SMILES string of the molecule is NC(N)=NCCC[C@@H](N)C(=O)C[C@H](Cc1ccc(O)cc1)C(=O)O. The molecule has 0 bridgehead atoms. The molecule has 0 spiro atoms. The van der Waals surface area contributed by atoms with Crippen LogP contribution in [-0.2, 0) is 16.0 Å². The number of ketones is 1. The van der Waals surface area contributed by atoms with Crippen molar-refractivity contribution in [3.05, 3.63) is 29.8 Å². The smallest absolute Gasteiger partial charge is 0.307 e. The van der Waals surface area contributed by atoms with Crippen molar-refractivity contribution in [2.24, 2.45) is 28.1 Å². The molecular weight excluding hydrogens is 312 g/mol. The second-order valence-corrected chi connectivity index (χ2v) is 5.63. The summed E-state index contributed by atoms with van der Waals surface area (Å²) >= 11 is 0. The van der Waals surface area contributed by atoms with E-state index in [1.165, 1.54) is 12.1 Å². The monoisotopic (exact) mass is 336 g/mol. The number of phenols is 1. The highest BCUT2D eigenvalue weighted by Gasteiger charge is 2.24. The first kappa shape index (κ1) is 19.4. The van der Waals surface area contributed by atoms with E-state index >= 15 is 0 Å². The largest absolute Gasteiger partial charge is 0.508 e. The zero-order chi connectivity index (χ0) is 18.1. The zero-order valence-corrected chi connectivity index (χ0v) is 13.4. The van der Waals surface area contributed by atoms with Crippen molar-refractivity contribution in [2.75, 3.05) is 6.54 Å². The molecule has 0 saturated carbocycles. The predicted molar refractivity (Wildman–Crippen MR) is 90.4 cm³/mol. The summed E-state index contributed by atoms with van der Waals surface area (Å²) < 4.78 is 0. The summed E-state index contributed by atoms with van der Waals surface area (Å²) in [6.07, 6.45) is 0.989. The summed E-state index contributed by atoms with van der Waals surface area (Å²) in [6.45, 7) is 0.374. The van der Waals surface area contributed by atoms with E-state index in [0.717, 1.165) is 5.56 Å². The molecule has 0 aliphatic rings. The van der Waals surface area contributed by atoms with E-state index in [1.54, 1.807) is 12.1 Å². The molecule has 2 atom stereocenters.